The highest BCUT2D eigenvalue weighted by Crippen LogP contribution is 2.14. The molecule has 2 N–H and O–H groups in total. The van der Waals surface area contributed by atoms with E-state index in [1.165, 1.54) is 0 Å². The van der Waals surface area contributed by atoms with Gasteiger partial charge < -0.3 is 10.6 Å². The number of amides is 1. The van der Waals surface area contributed by atoms with Crippen LogP contribution in [0.15, 0.2) is 0 Å². The first-order chi connectivity index (χ1) is 4.89. The first-order valence-corrected chi connectivity index (χ1v) is 4.02. The van der Waals surface area contributed by atoms with Gasteiger partial charge in [0.25, 0.3) is 0 Å². The van der Waals surface area contributed by atoms with Gasteiger partial charge in [0.1, 0.15) is 0 Å². The lowest BCUT2D eigenvalue weighted by molar-refractivity contribution is -0.131. The summed E-state index contributed by atoms with van der Waals surface area (Å²) in [5.74, 6) is 0.00582. The second-order valence-electron chi connectivity index (χ2n) is 3.07. The number of thiol groups is 1. The van der Waals surface area contributed by atoms with Crippen molar-refractivity contribution in [1.29, 1.82) is 0 Å². The van der Waals surface area contributed by atoms with Crippen LogP contribution in [0.4, 0.5) is 0 Å². The van der Waals surface area contributed by atoms with E-state index in [4.69, 9.17) is 5.73 Å². The van der Waals surface area contributed by atoms with Gasteiger partial charge in [-0.1, -0.05) is 0 Å². The summed E-state index contributed by atoms with van der Waals surface area (Å²) >= 11 is 4.15. The van der Waals surface area contributed by atoms with Crippen LogP contribution in [0.25, 0.3) is 0 Å². The molecule has 0 spiro atoms. The van der Waals surface area contributed by atoms with Crippen molar-refractivity contribution in [3.05, 3.63) is 0 Å². The Kier molecular flexibility index (Phi) is 3.89. The standard InChI is InChI=1S/C7H16N2OS/c1-7(2,11)6(10)9(3)5-4-8/h11H,4-5,8H2,1-3H3. The van der Waals surface area contributed by atoms with Crippen molar-refractivity contribution in [3.63, 3.8) is 0 Å². The van der Waals surface area contributed by atoms with Crippen LogP contribution in [0.3, 0.4) is 0 Å². The number of rotatable bonds is 3. The molecule has 0 aromatic carbocycles. The zero-order chi connectivity index (χ0) is 9.07. The van der Waals surface area contributed by atoms with E-state index in [0.29, 0.717) is 13.1 Å². The molecule has 1 amide bonds. The molecule has 66 valence electrons. The second-order valence-corrected chi connectivity index (χ2v) is 4.19. The molecule has 0 unspecified atom stereocenters. The van der Waals surface area contributed by atoms with Crippen molar-refractivity contribution in [3.8, 4) is 0 Å². The van der Waals surface area contributed by atoms with Crippen LogP contribution in [0, 0.1) is 0 Å². The summed E-state index contributed by atoms with van der Waals surface area (Å²) in [6.07, 6.45) is 0. The molecular weight excluding hydrogens is 160 g/mol. The highest BCUT2D eigenvalue weighted by Gasteiger charge is 2.25. The van der Waals surface area contributed by atoms with Crippen molar-refractivity contribution >= 4 is 18.5 Å². The number of nitrogens with zero attached hydrogens (tertiary/aromatic N) is 1. The molecule has 0 aliphatic carbocycles. The normalized spacial score (nSPS) is 11.4. The molecule has 11 heavy (non-hydrogen) atoms. The fourth-order valence-corrected chi connectivity index (χ4v) is 0.933. The molecule has 0 atom stereocenters. The Morgan fingerprint density at radius 3 is 2.36 bits per heavy atom. The van der Waals surface area contributed by atoms with Crippen molar-refractivity contribution in [1.82, 2.24) is 4.90 Å². The molecule has 0 bridgehead atoms. The van der Waals surface area contributed by atoms with Gasteiger partial charge in [0.2, 0.25) is 5.91 Å². The van der Waals surface area contributed by atoms with E-state index < -0.39 is 4.75 Å². The van der Waals surface area contributed by atoms with Crippen LogP contribution in [0.5, 0.6) is 0 Å². The van der Waals surface area contributed by atoms with E-state index in [0.717, 1.165) is 0 Å². The van der Waals surface area contributed by atoms with Crippen LogP contribution in [-0.4, -0.2) is 35.7 Å². The third-order valence-corrected chi connectivity index (χ3v) is 1.53. The summed E-state index contributed by atoms with van der Waals surface area (Å²) in [5.41, 5.74) is 5.29. The minimum Gasteiger partial charge on any atom is -0.343 e. The molecular formula is C7H16N2OS. The number of hydrogen-bond donors (Lipinski definition) is 2. The predicted octanol–water partition coefficient (Wildman–Crippen LogP) is 0.112. The van der Waals surface area contributed by atoms with Crippen molar-refractivity contribution in [2.75, 3.05) is 20.1 Å². The van der Waals surface area contributed by atoms with Gasteiger partial charge in [0.15, 0.2) is 0 Å². The molecule has 4 heteroatoms. The lowest BCUT2D eigenvalue weighted by Gasteiger charge is -2.24. The van der Waals surface area contributed by atoms with Gasteiger partial charge in [0, 0.05) is 20.1 Å². The van der Waals surface area contributed by atoms with E-state index in [1.807, 2.05) is 0 Å². The van der Waals surface area contributed by atoms with Crippen molar-refractivity contribution < 1.29 is 4.79 Å². The highest BCUT2D eigenvalue weighted by molar-refractivity contribution is 7.82. The molecule has 0 aromatic heterocycles. The maximum Gasteiger partial charge on any atom is 0.237 e. The van der Waals surface area contributed by atoms with E-state index >= 15 is 0 Å². The lowest BCUT2D eigenvalue weighted by Crippen LogP contribution is -2.41. The molecule has 0 aliphatic heterocycles. The Balaban J connectivity index is 4.03. The third kappa shape index (κ3) is 3.62. The Labute approximate surface area is 73.3 Å². The Morgan fingerprint density at radius 2 is 2.09 bits per heavy atom. The number of carbonyl (C=O) groups excluding carboxylic acids is 1. The first-order valence-electron chi connectivity index (χ1n) is 3.57. The zero-order valence-corrected chi connectivity index (χ0v) is 8.19. The summed E-state index contributed by atoms with van der Waals surface area (Å²) in [7, 11) is 1.73. The van der Waals surface area contributed by atoms with Crippen LogP contribution < -0.4 is 5.73 Å². The summed E-state index contributed by atoms with van der Waals surface area (Å²) in [5, 5.41) is 0. The second kappa shape index (κ2) is 3.97. The van der Waals surface area contributed by atoms with E-state index in [9.17, 15) is 4.79 Å². The van der Waals surface area contributed by atoms with Crippen LogP contribution in [0.2, 0.25) is 0 Å². The average molecular weight is 176 g/mol. The van der Waals surface area contributed by atoms with Gasteiger partial charge in [-0.05, 0) is 13.8 Å². The molecule has 3 nitrogen and oxygen atoms in total. The minimum atomic E-state index is -0.593. The summed E-state index contributed by atoms with van der Waals surface area (Å²) < 4.78 is -0.593. The van der Waals surface area contributed by atoms with E-state index in [1.54, 1.807) is 25.8 Å². The highest BCUT2D eigenvalue weighted by atomic mass is 32.1. The van der Waals surface area contributed by atoms with Crippen LogP contribution >= 0.6 is 12.6 Å². The Morgan fingerprint density at radius 1 is 1.64 bits per heavy atom. The molecule has 0 saturated heterocycles. The van der Waals surface area contributed by atoms with Crippen molar-refractivity contribution in [2.24, 2.45) is 5.73 Å². The maximum atomic E-state index is 11.3. The van der Waals surface area contributed by atoms with Crippen LogP contribution in [-0.2, 0) is 4.79 Å². The van der Waals surface area contributed by atoms with Crippen LogP contribution in [0.1, 0.15) is 13.8 Å². The zero-order valence-electron chi connectivity index (χ0n) is 7.29. The SMILES string of the molecule is CN(CCN)C(=O)C(C)(C)S. The maximum absolute atomic E-state index is 11.3. The summed E-state index contributed by atoms with van der Waals surface area (Å²) in [6.45, 7) is 4.62. The minimum absolute atomic E-state index is 0.00582. The van der Waals surface area contributed by atoms with Gasteiger partial charge >= 0.3 is 0 Å². The molecule has 0 aromatic rings. The smallest absolute Gasteiger partial charge is 0.237 e. The first kappa shape index (κ1) is 10.8. The number of carbonyl (C=O) groups is 1. The Bertz CT molecular complexity index is 142. The summed E-state index contributed by atoms with van der Waals surface area (Å²) in [6, 6.07) is 0. The third-order valence-electron chi connectivity index (χ3n) is 1.33. The van der Waals surface area contributed by atoms with Gasteiger partial charge in [0.05, 0.1) is 4.75 Å². The largest absolute Gasteiger partial charge is 0.343 e. The fraction of sp³-hybridized carbons (Fsp3) is 0.857. The quantitative estimate of drug-likeness (QED) is 0.600. The van der Waals surface area contributed by atoms with Gasteiger partial charge in [-0.15, -0.1) is 0 Å². The van der Waals surface area contributed by atoms with E-state index in [2.05, 4.69) is 12.6 Å². The van der Waals surface area contributed by atoms with Gasteiger partial charge in [-0.3, -0.25) is 4.79 Å². The van der Waals surface area contributed by atoms with Crippen molar-refractivity contribution in [2.45, 2.75) is 18.6 Å². The molecule has 0 aliphatic rings. The Hall–Kier alpha value is -0.220. The molecule has 0 saturated carbocycles. The van der Waals surface area contributed by atoms with E-state index in [-0.39, 0.29) is 5.91 Å². The fourth-order valence-electron chi connectivity index (χ4n) is 0.762. The van der Waals surface area contributed by atoms with Gasteiger partial charge in [-0.25, -0.2) is 0 Å². The topological polar surface area (TPSA) is 46.3 Å². The molecule has 0 fully saturated rings. The number of likely N-dealkylation sites (N-methyl/N-ethyl adjacent to an activating group) is 1. The monoisotopic (exact) mass is 176 g/mol. The number of hydrogen-bond acceptors (Lipinski definition) is 3. The van der Waals surface area contributed by atoms with Gasteiger partial charge in [-0.2, -0.15) is 12.6 Å². The molecule has 0 heterocycles. The summed E-state index contributed by atoms with van der Waals surface area (Å²) in [4.78, 5) is 12.9. The predicted molar refractivity (Wildman–Crippen MR) is 49.8 cm³/mol. The number of nitrogens with two attached hydrogens (primary N) is 1. The molecule has 0 rings (SSSR count). The molecule has 0 radical (unpaired) electrons. The average Bonchev–Trinajstić information content (AvgIpc) is 1.85. The lowest BCUT2D eigenvalue weighted by atomic mass is 10.2.